The van der Waals surface area contributed by atoms with Crippen LogP contribution in [0.5, 0.6) is 0 Å². The van der Waals surface area contributed by atoms with Gasteiger partial charge in [-0.3, -0.25) is 4.79 Å². The van der Waals surface area contributed by atoms with E-state index in [-0.39, 0.29) is 30.3 Å². The normalized spacial score (nSPS) is 15.5. The molecule has 4 rings (SSSR count). The summed E-state index contributed by atoms with van der Waals surface area (Å²) in [5.74, 6) is -2.31. The van der Waals surface area contributed by atoms with Gasteiger partial charge in [-0.05, 0) is 37.1 Å². The molecule has 0 radical (unpaired) electrons. The molecule has 0 unspecified atom stereocenters. The molecule has 1 amide bonds. The Bertz CT molecular complexity index is 1220. The van der Waals surface area contributed by atoms with Crippen molar-refractivity contribution in [3.05, 3.63) is 65.9 Å². The smallest absolute Gasteiger partial charge is 0.266 e. The number of hydrogen-bond acceptors (Lipinski definition) is 6. The summed E-state index contributed by atoms with van der Waals surface area (Å²) in [6.45, 7) is 6.90. The maximum atomic E-state index is 14.0. The lowest BCUT2D eigenvalue weighted by atomic mass is 9.94. The van der Waals surface area contributed by atoms with Gasteiger partial charge in [-0.2, -0.15) is 0 Å². The Morgan fingerprint density at radius 1 is 1.17 bits per heavy atom. The Hall–Kier alpha value is -3.46. The Labute approximate surface area is 203 Å². The van der Waals surface area contributed by atoms with Crippen molar-refractivity contribution < 1.29 is 18.7 Å². The summed E-state index contributed by atoms with van der Waals surface area (Å²) >= 11 is 0. The molecule has 9 heteroatoms. The largest absolute Gasteiger partial charge is 0.386 e. The van der Waals surface area contributed by atoms with Crippen molar-refractivity contribution in [1.29, 1.82) is 0 Å². The Morgan fingerprint density at radius 2 is 1.89 bits per heavy atom. The number of carbonyl (C=O) groups excluding carboxylic acids is 1. The van der Waals surface area contributed by atoms with Crippen molar-refractivity contribution in [3.8, 4) is 11.1 Å². The second kappa shape index (κ2) is 9.30. The second-order valence-electron chi connectivity index (χ2n) is 9.66. The summed E-state index contributed by atoms with van der Waals surface area (Å²) in [5.41, 5.74) is 1.46. The fourth-order valence-corrected chi connectivity index (χ4v) is 3.98. The number of nitrogens with zero attached hydrogens (tertiary/aromatic N) is 4. The summed E-state index contributed by atoms with van der Waals surface area (Å²) < 4.78 is 28.1. The fourth-order valence-electron chi connectivity index (χ4n) is 3.98. The molecule has 1 aliphatic rings. The van der Waals surface area contributed by atoms with E-state index in [1.807, 2.05) is 26.0 Å². The first kappa shape index (κ1) is 24.7. The van der Waals surface area contributed by atoms with E-state index in [0.717, 1.165) is 0 Å². The number of alkyl halides is 2. The lowest BCUT2D eigenvalue weighted by molar-refractivity contribution is 0.0256. The molecule has 0 aliphatic carbocycles. The summed E-state index contributed by atoms with van der Waals surface area (Å²) in [6.07, 6.45) is 4.15. The van der Waals surface area contributed by atoms with Gasteiger partial charge in [-0.25, -0.2) is 23.7 Å². The van der Waals surface area contributed by atoms with Gasteiger partial charge < -0.3 is 15.3 Å². The van der Waals surface area contributed by atoms with Crippen molar-refractivity contribution in [3.63, 3.8) is 0 Å². The monoisotopic (exact) mass is 481 g/mol. The number of benzene rings is 1. The number of rotatable bonds is 6. The number of hydrogen-bond donors (Lipinski definition) is 2. The molecule has 1 aliphatic heterocycles. The summed E-state index contributed by atoms with van der Waals surface area (Å²) in [6, 6.07) is 8.97. The van der Waals surface area contributed by atoms with Crippen LogP contribution in [0.3, 0.4) is 0 Å². The molecule has 2 aromatic heterocycles. The summed E-state index contributed by atoms with van der Waals surface area (Å²) in [4.78, 5) is 27.5. The van der Waals surface area contributed by atoms with E-state index in [4.69, 9.17) is 0 Å². The molecule has 7 nitrogen and oxygen atoms in total. The van der Waals surface area contributed by atoms with Crippen LogP contribution in [0.15, 0.2) is 48.9 Å². The fraction of sp³-hybridized carbons (Fsp3) is 0.385. The molecule has 184 valence electrons. The molecule has 0 atom stereocenters. The molecule has 2 N–H and O–H groups in total. The van der Waals surface area contributed by atoms with E-state index >= 15 is 0 Å². The zero-order valence-corrected chi connectivity index (χ0v) is 20.2. The van der Waals surface area contributed by atoms with Crippen LogP contribution in [-0.2, 0) is 5.60 Å². The van der Waals surface area contributed by atoms with Crippen molar-refractivity contribution >= 4 is 17.4 Å². The number of pyridine rings is 1. The van der Waals surface area contributed by atoms with Crippen LogP contribution in [-0.4, -0.2) is 45.0 Å². The minimum Gasteiger partial charge on any atom is -0.386 e. The quantitative estimate of drug-likeness (QED) is 0.516. The molecule has 0 spiro atoms. The van der Waals surface area contributed by atoms with Gasteiger partial charge in [0.05, 0.1) is 23.4 Å². The van der Waals surface area contributed by atoms with Crippen LogP contribution >= 0.6 is 0 Å². The molecule has 1 fully saturated rings. The van der Waals surface area contributed by atoms with E-state index in [0.29, 0.717) is 28.2 Å². The molecule has 1 saturated heterocycles. The van der Waals surface area contributed by atoms with Crippen LogP contribution in [0.1, 0.15) is 61.8 Å². The van der Waals surface area contributed by atoms with Gasteiger partial charge in [0, 0.05) is 43.0 Å². The van der Waals surface area contributed by atoms with E-state index in [2.05, 4.69) is 20.3 Å². The molecular formula is C26H29F2N5O2. The second-order valence-corrected chi connectivity index (χ2v) is 9.66. The summed E-state index contributed by atoms with van der Waals surface area (Å²) in [5, 5.41) is 13.4. The van der Waals surface area contributed by atoms with Gasteiger partial charge in [0.15, 0.2) is 5.82 Å². The molecule has 0 saturated carbocycles. The number of nitrogens with one attached hydrogen (secondary N) is 1. The first-order valence-electron chi connectivity index (χ1n) is 11.5. The maximum absolute atomic E-state index is 14.0. The van der Waals surface area contributed by atoms with Gasteiger partial charge in [0.1, 0.15) is 5.82 Å². The molecule has 3 heterocycles. The van der Waals surface area contributed by atoms with Crippen molar-refractivity contribution in [2.24, 2.45) is 0 Å². The maximum Gasteiger partial charge on any atom is 0.266 e. The number of anilines is 2. The minimum atomic E-state index is -2.83. The number of carbonyl (C=O) groups is 1. The third-order valence-electron chi connectivity index (χ3n) is 5.97. The Balaban J connectivity index is 1.78. The van der Waals surface area contributed by atoms with Gasteiger partial charge in [0.2, 0.25) is 0 Å². The van der Waals surface area contributed by atoms with Gasteiger partial charge in [-0.1, -0.05) is 32.0 Å². The van der Waals surface area contributed by atoms with E-state index < -0.39 is 24.0 Å². The molecule has 35 heavy (non-hydrogen) atoms. The lowest BCUT2D eigenvalue weighted by Crippen LogP contribution is -2.27. The van der Waals surface area contributed by atoms with Crippen LogP contribution in [0.2, 0.25) is 0 Å². The van der Waals surface area contributed by atoms with Crippen molar-refractivity contribution in [2.45, 2.75) is 51.6 Å². The molecule has 0 bridgehead atoms. The zero-order chi connectivity index (χ0) is 25.4. The third-order valence-corrected chi connectivity index (χ3v) is 5.97. The lowest BCUT2D eigenvalue weighted by Gasteiger charge is -2.24. The standard InChI is InChI=1S/C26H29F2N5O2/c1-16(2)22-30-13-18(14-31-22)24(34)32-21-20(17-6-5-7-19(12-17)25(3,4)35)8-10-29-23(21)33-11-9-26(27,28)15-33/h5-8,10,12-14,16,35H,9,11,15H2,1-4H3,(H,32,34). The number of aliphatic hydroxyl groups is 1. The highest BCUT2D eigenvalue weighted by atomic mass is 19.3. The van der Waals surface area contributed by atoms with Gasteiger partial charge in [0.25, 0.3) is 11.8 Å². The first-order valence-corrected chi connectivity index (χ1v) is 11.5. The van der Waals surface area contributed by atoms with Crippen molar-refractivity contribution in [2.75, 3.05) is 23.3 Å². The molecule has 3 aromatic rings. The van der Waals surface area contributed by atoms with E-state index in [9.17, 15) is 18.7 Å². The van der Waals surface area contributed by atoms with Gasteiger partial charge in [-0.15, -0.1) is 0 Å². The van der Waals surface area contributed by atoms with Crippen LogP contribution in [0, 0.1) is 0 Å². The SMILES string of the molecule is CC(C)c1ncc(C(=O)Nc2c(-c3cccc(C(C)(C)O)c3)ccnc2N2CCC(F)(F)C2)cn1. The first-order chi connectivity index (χ1) is 16.4. The zero-order valence-electron chi connectivity index (χ0n) is 20.2. The Morgan fingerprint density at radius 3 is 2.49 bits per heavy atom. The Kier molecular flexibility index (Phi) is 6.55. The predicted octanol–water partition coefficient (Wildman–Crippen LogP) is 4.99. The topological polar surface area (TPSA) is 91.2 Å². The van der Waals surface area contributed by atoms with E-state index in [1.54, 1.807) is 32.0 Å². The van der Waals surface area contributed by atoms with Gasteiger partial charge >= 0.3 is 0 Å². The average Bonchev–Trinajstić information content (AvgIpc) is 3.18. The highest BCUT2D eigenvalue weighted by Gasteiger charge is 2.40. The predicted molar refractivity (Wildman–Crippen MR) is 131 cm³/mol. The average molecular weight is 482 g/mol. The number of halogens is 2. The summed E-state index contributed by atoms with van der Waals surface area (Å²) in [7, 11) is 0. The van der Waals surface area contributed by atoms with Crippen molar-refractivity contribution in [1.82, 2.24) is 15.0 Å². The van der Waals surface area contributed by atoms with Crippen LogP contribution in [0.25, 0.3) is 11.1 Å². The third kappa shape index (κ3) is 5.45. The number of amides is 1. The minimum absolute atomic E-state index is 0.113. The van der Waals surface area contributed by atoms with Crippen LogP contribution < -0.4 is 10.2 Å². The molecular weight excluding hydrogens is 452 g/mol. The number of aromatic nitrogens is 3. The highest BCUT2D eigenvalue weighted by molar-refractivity contribution is 6.08. The van der Waals surface area contributed by atoms with E-state index in [1.165, 1.54) is 23.5 Å². The highest BCUT2D eigenvalue weighted by Crippen LogP contribution is 2.39. The molecule has 1 aromatic carbocycles. The van der Waals surface area contributed by atoms with Crippen LogP contribution in [0.4, 0.5) is 20.3 Å².